The number of hydrogen-bond donors (Lipinski definition) is 2. The van der Waals surface area contributed by atoms with Gasteiger partial charge in [0.15, 0.2) is 0 Å². The summed E-state index contributed by atoms with van der Waals surface area (Å²) in [6.07, 6.45) is 0. The number of hydrogen-bond acceptors (Lipinski definition) is 3. The van der Waals surface area contributed by atoms with Gasteiger partial charge in [0.1, 0.15) is 11.8 Å². The van der Waals surface area contributed by atoms with Crippen molar-refractivity contribution in [3.8, 4) is 11.8 Å². The van der Waals surface area contributed by atoms with Crippen molar-refractivity contribution in [2.75, 3.05) is 0 Å². The maximum atomic E-state index is 9.48. The number of phenols is 1. The summed E-state index contributed by atoms with van der Waals surface area (Å²) >= 11 is 6.42. The van der Waals surface area contributed by atoms with Crippen LogP contribution in [0.15, 0.2) is 21.1 Å². The number of benzene rings is 1. The van der Waals surface area contributed by atoms with Gasteiger partial charge in [0.25, 0.3) is 0 Å². The average Bonchev–Trinajstić information content (AvgIpc) is 2.02. The van der Waals surface area contributed by atoms with Crippen molar-refractivity contribution in [2.45, 2.75) is 6.04 Å². The number of aromatic hydroxyl groups is 1. The Labute approximate surface area is 92.4 Å². The van der Waals surface area contributed by atoms with E-state index in [1.54, 1.807) is 6.07 Å². The van der Waals surface area contributed by atoms with E-state index in [-0.39, 0.29) is 5.75 Å². The van der Waals surface area contributed by atoms with E-state index in [1.165, 1.54) is 6.07 Å². The van der Waals surface area contributed by atoms with E-state index in [0.29, 0.717) is 10.0 Å². The fourth-order valence-corrected chi connectivity index (χ4v) is 2.39. The van der Waals surface area contributed by atoms with E-state index >= 15 is 0 Å². The number of halogens is 2. The summed E-state index contributed by atoms with van der Waals surface area (Å²) in [6.45, 7) is 0. The summed E-state index contributed by atoms with van der Waals surface area (Å²) in [5, 5.41) is 18.1. The predicted molar refractivity (Wildman–Crippen MR) is 56.0 cm³/mol. The quantitative estimate of drug-likeness (QED) is 0.837. The molecule has 1 aromatic rings. The van der Waals surface area contributed by atoms with Crippen LogP contribution in [0.2, 0.25) is 0 Å². The molecule has 1 rings (SSSR count). The number of nitrogens with zero attached hydrogens (tertiary/aromatic N) is 1. The number of rotatable bonds is 1. The molecular weight excluding hydrogens is 300 g/mol. The van der Waals surface area contributed by atoms with E-state index in [2.05, 4.69) is 31.9 Å². The summed E-state index contributed by atoms with van der Waals surface area (Å²) in [6, 6.07) is 4.26. The Morgan fingerprint density at radius 1 is 1.46 bits per heavy atom. The van der Waals surface area contributed by atoms with Crippen LogP contribution in [0.1, 0.15) is 11.6 Å². The van der Waals surface area contributed by atoms with Gasteiger partial charge >= 0.3 is 0 Å². The van der Waals surface area contributed by atoms with Crippen LogP contribution >= 0.6 is 31.9 Å². The van der Waals surface area contributed by atoms with Gasteiger partial charge in [0.05, 0.1) is 6.07 Å². The van der Waals surface area contributed by atoms with Gasteiger partial charge in [-0.1, -0.05) is 31.9 Å². The molecule has 1 aromatic carbocycles. The molecule has 0 bridgehead atoms. The largest absolute Gasteiger partial charge is 0.507 e. The molecule has 68 valence electrons. The highest BCUT2D eigenvalue weighted by Crippen LogP contribution is 2.33. The third-order valence-corrected chi connectivity index (χ3v) is 2.64. The minimum Gasteiger partial charge on any atom is -0.507 e. The van der Waals surface area contributed by atoms with Crippen LogP contribution < -0.4 is 5.73 Å². The Balaban J connectivity index is 3.30. The number of nitriles is 1. The number of phenolic OH excluding ortho intramolecular Hbond substituents is 1. The Kier molecular flexibility index (Phi) is 3.31. The second kappa shape index (κ2) is 4.09. The van der Waals surface area contributed by atoms with E-state index < -0.39 is 6.04 Å². The van der Waals surface area contributed by atoms with Gasteiger partial charge in [-0.05, 0) is 12.1 Å². The fourth-order valence-electron chi connectivity index (χ4n) is 0.944. The smallest absolute Gasteiger partial charge is 0.123 e. The zero-order valence-corrected chi connectivity index (χ0v) is 9.63. The molecule has 3 N–H and O–H groups in total. The predicted octanol–water partition coefficient (Wildman–Crippen LogP) is 2.44. The number of nitrogens with two attached hydrogens (primary N) is 1. The summed E-state index contributed by atoms with van der Waals surface area (Å²) in [5.74, 6) is 0.00954. The second-order valence-electron chi connectivity index (χ2n) is 2.43. The van der Waals surface area contributed by atoms with Crippen LogP contribution in [0.4, 0.5) is 0 Å². The first-order valence-corrected chi connectivity index (χ1v) is 4.98. The van der Waals surface area contributed by atoms with Gasteiger partial charge in [-0.25, -0.2) is 0 Å². The van der Waals surface area contributed by atoms with Crippen molar-refractivity contribution >= 4 is 31.9 Å². The molecular formula is C8H6Br2N2O. The van der Waals surface area contributed by atoms with Crippen LogP contribution in [-0.4, -0.2) is 5.11 Å². The van der Waals surface area contributed by atoms with Gasteiger partial charge in [-0.3, -0.25) is 0 Å². The Morgan fingerprint density at radius 2 is 2.08 bits per heavy atom. The standard InChI is InChI=1S/C8H6Br2N2O/c9-4-1-5(10)8(6(12)3-11)7(13)2-4/h1-2,6,13H,12H2/t6-/m1/s1. The van der Waals surface area contributed by atoms with Gasteiger partial charge in [-0.2, -0.15) is 5.26 Å². The molecule has 5 heteroatoms. The third kappa shape index (κ3) is 2.21. The molecule has 0 aliphatic heterocycles. The highest BCUT2D eigenvalue weighted by Gasteiger charge is 2.14. The Morgan fingerprint density at radius 3 is 2.54 bits per heavy atom. The maximum Gasteiger partial charge on any atom is 0.123 e. The van der Waals surface area contributed by atoms with Gasteiger partial charge < -0.3 is 10.8 Å². The van der Waals surface area contributed by atoms with E-state index in [4.69, 9.17) is 11.0 Å². The van der Waals surface area contributed by atoms with Gasteiger partial charge in [-0.15, -0.1) is 0 Å². The highest BCUT2D eigenvalue weighted by atomic mass is 79.9. The molecule has 0 saturated heterocycles. The lowest BCUT2D eigenvalue weighted by Gasteiger charge is -2.09. The molecule has 13 heavy (non-hydrogen) atoms. The maximum absolute atomic E-state index is 9.48. The monoisotopic (exact) mass is 304 g/mol. The average molecular weight is 306 g/mol. The topological polar surface area (TPSA) is 70.0 Å². The van der Waals surface area contributed by atoms with Crippen molar-refractivity contribution in [3.05, 3.63) is 26.6 Å². The normalized spacial score (nSPS) is 12.2. The van der Waals surface area contributed by atoms with E-state index in [0.717, 1.165) is 4.47 Å². The minimum absolute atomic E-state index is 0.00954. The van der Waals surface area contributed by atoms with Gasteiger partial charge in [0.2, 0.25) is 0 Å². The first-order chi connectivity index (χ1) is 6.06. The lowest BCUT2D eigenvalue weighted by Crippen LogP contribution is -2.08. The first-order valence-electron chi connectivity index (χ1n) is 3.39. The SMILES string of the molecule is N#C[C@@H](N)c1c(O)cc(Br)cc1Br. The zero-order valence-electron chi connectivity index (χ0n) is 6.46. The zero-order chi connectivity index (χ0) is 10.0. The van der Waals surface area contributed by atoms with Crippen molar-refractivity contribution in [2.24, 2.45) is 5.73 Å². The lowest BCUT2D eigenvalue weighted by molar-refractivity contribution is 0.465. The van der Waals surface area contributed by atoms with Gasteiger partial charge in [0, 0.05) is 14.5 Å². The molecule has 0 saturated carbocycles. The Bertz CT molecular complexity index is 350. The van der Waals surface area contributed by atoms with Crippen LogP contribution in [0, 0.1) is 11.3 Å². The van der Waals surface area contributed by atoms with Crippen molar-refractivity contribution in [3.63, 3.8) is 0 Å². The van der Waals surface area contributed by atoms with Crippen molar-refractivity contribution < 1.29 is 5.11 Å². The summed E-state index contributed by atoms with van der Waals surface area (Å²) in [4.78, 5) is 0. The molecule has 0 unspecified atom stereocenters. The fraction of sp³-hybridized carbons (Fsp3) is 0.125. The highest BCUT2D eigenvalue weighted by molar-refractivity contribution is 9.11. The summed E-state index contributed by atoms with van der Waals surface area (Å²) < 4.78 is 1.35. The molecule has 0 spiro atoms. The van der Waals surface area contributed by atoms with E-state index in [1.807, 2.05) is 6.07 Å². The molecule has 0 amide bonds. The molecule has 0 aliphatic carbocycles. The summed E-state index contributed by atoms with van der Waals surface area (Å²) in [5.41, 5.74) is 5.89. The van der Waals surface area contributed by atoms with E-state index in [9.17, 15) is 5.11 Å². The first kappa shape index (κ1) is 10.5. The Hall–Kier alpha value is -0.570. The van der Waals surface area contributed by atoms with Crippen LogP contribution in [0.25, 0.3) is 0 Å². The molecule has 0 fully saturated rings. The lowest BCUT2D eigenvalue weighted by atomic mass is 10.1. The van der Waals surface area contributed by atoms with Crippen molar-refractivity contribution in [1.82, 2.24) is 0 Å². The molecule has 0 heterocycles. The molecule has 3 nitrogen and oxygen atoms in total. The molecule has 0 radical (unpaired) electrons. The minimum atomic E-state index is -0.817. The molecule has 0 aromatic heterocycles. The summed E-state index contributed by atoms with van der Waals surface area (Å²) in [7, 11) is 0. The van der Waals surface area contributed by atoms with Crippen LogP contribution in [-0.2, 0) is 0 Å². The third-order valence-electron chi connectivity index (χ3n) is 1.52. The van der Waals surface area contributed by atoms with Crippen LogP contribution in [0.5, 0.6) is 5.75 Å². The van der Waals surface area contributed by atoms with Crippen molar-refractivity contribution in [1.29, 1.82) is 5.26 Å². The van der Waals surface area contributed by atoms with Crippen LogP contribution in [0.3, 0.4) is 0 Å². The molecule has 1 atom stereocenters. The molecule has 0 aliphatic rings. The second-order valence-corrected chi connectivity index (χ2v) is 4.20.